The normalized spacial score (nSPS) is 15.1. The van der Waals surface area contributed by atoms with Crippen LogP contribution in [0.2, 0.25) is 0 Å². The second kappa shape index (κ2) is 12.4. The van der Waals surface area contributed by atoms with Gasteiger partial charge in [-0.05, 0) is 63.4 Å². The molecule has 1 aliphatic rings. The minimum atomic E-state index is -3.65. The summed E-state index contributed by atoms with van der Waals surface area (Å²) < 4.78 is 38.5. The lowest BCUT2D eigenvalue weighted by Gasteiger charge is -2.33. The molecule has 0 saturated carbocycles. The monoisotopic (exact) mass is 531 g/mol. The second-order valence-corrected chi connectivity index (χ2v) is 12.1. The van der Waals surface area contributed by atoms with Gasteiger partial charge in [-0.25, -0.2) is 18.0 Å². The number of hydrogen-bond acceptors (Lipinski definition) is 7. The first-order chi connectivity index (χ1) is 17.5. The highest BCUT2D eigenvalue weighted by molar-refractivity contribution is 7.92. The van der Waals surface area contributed by atoms with Gasteiger partial charge in [0.2, 0.25) is 10.0 Å². The lowest BCUT2D eigenvalue weighted by atomic mass is 10.1. The van der Waals surface area contributed by atoms with Crippen LogP contribution in [-0.2, 0) is 26.0 Å². The third-order valence-electron chi connectivity index (χ3n) is 6.06. The van der Waals surface area contributed by atoms with E-state index in [1.54, 1.807) is 48.5 Å². The van der Waals surface area contributed by atoms with Crippen molar-refractivity contribution in [2.75, 3.05) is 36.8 Å². The van der Waals surface area contributed by atoms with Crippen LogP contribution >= 0.6 is 0 Å². The van der Waals surface area contributed by atoms with E-state index in [-0.39, 0.29) is 18.3 Å². The van der Waals surface area contributed by atoms with Gasteiger partial charge in [-0.15, -0.1) is 0 Å². The van der Waals surface area contributed by atoms with Gasteiger partial charge in [0.25, 0.3) is 0 Å². The van der Waals surface area contributed by atoms with Gasteiger partial charge in [-0.2, -0.15) is 0 Å². The Morgan fingerprint density at radius 1 is 1.03 bits per heavy atom. The summed E-state index contributed by atoms with van der Waals surface area (Å²) in [6.07, 6.45) is 1.04. The molecule has 1 N–H and O–H groups in total. The van der Waals surface area contributed by atoms with Crippen molar-refractivity contribution in [3.63, 3.8) is 0 Å². The number of nitrogens with one attached hydrogen (secondary N) is 1. The first-order valence-electron chi connectivity index (χ1n) is 12.4. The Bertz CT molecular complexity index is 1140. The highest BCUT2D eigenvalue weighted by Gasteiger charge is 2.27. The maximum Gasteiger partial charge on any atom is 0.407 e. The molecule has 0 radical (unpaired) electrons. The molecule has 2 aromatic carbocycles. The summed E-state index contributed by atoms with van der Waals surface area (Å²) in [5.41, 5.74) is 1.20. The van der Waals surface area contributed by atoms with E-state index < -0.39 is 27.7 Å². The molecule has 1 heterocycles. The molecule has 1 aliphatic heterocycles. The minimum Gasteiger partial charge on any atom is -0.465 e. The SMILES string of the molecule is COC(=O)c1ccc(CN(c2ccccc2)S(=O)(=O)CCN2CCC(NC(=O)OC(C)(C)C)CC2)cc1. The van der Waals surface area contributed by atoms with Gasteiger partial charge in [-0.1, -0.05) is 30.3 Å². The highest BCUT2D eigenvalue weighted by atomic mass is 32.2. The van der Waals surface area contributed by atoms with E-state index in [1.165, 1.54) is 11.4 Å². The van der Waals surface area contributed by atoms with E-state index in [0.29, 0.717) is 30.9 Å². The summed E-state index contributed by atoms with van der Waals surface area (Å²) in [6.45, 7) is 7.40. The third kappa shape index (κ3) is 8.75. The highest BCUT2D eigenvalue weighted by Crippen LogP contribution is 2.22. The van der Waals surface area contributed by atoms with E-state index in [0.717, 1.165) is 18.4 Å². The molecule has 0 aromatic heterocycles. The Labute approximate surface area is 219 Å². The average molecular weight is 532 g/mol. The summed E-state index contributed by atoms with van der Waals surface area (Å²) >= 11 is 0. The van der Waals surface area contributed by atoms with E-state index in [2.05, 4.69) is 10.2 Å². The van der Waals surface area contributed by atoms with Gasteiger partial charge in [0.05, 0.1) is 30.7 Å². The number of likely N-dealkylation sites (tertiary alicyclic amines) is 1. The molecule has 1 fully saturated rings. The van der Waals surface area contributed by atoms with Crippen molar-refractivity contribution in [3.05, 3.63) is 65.7 Å². The summed E-state index contributed by atoms with van der Waals surface area (Å²) in [7, 11) is -2.33. The number of carbonyl (C=O) groups excluding carboxylic acids is 2. The fourth-order valence-electron chi connectivity index (χ4n) is 4.10. The molecule has 1 saturated heterocycles. The smallest absolute Gasteiger partial charge is 0.407 e. The predicted octanol–water partition coefficient (Wildman–Crippen LogP) is 3.80. The van der Waals surface area contributed by atoms with Crippen LogP contribution in [-0.4, -0.2) is 69.5 Å². The fourth-order valence-corrected chi connectivity index (χ4v) is 5.60. The summed E-state index contributed by atoms with van der Waals surface area (Å²) in [5, 5.41) is 2.91. The van der Waals surface area contributed by atoms with E-state index >= 15 is 0 Å². The molecule has 0 spiro atoms. The zero-order valence-electron chi connectivity index (χ0n) is 22.0. The first-order valence-corrected chi connectivity index (χ1v) is 14.0. The van der Waals surface area contributed by atoms with Crippen molar-refractivity contribution in [2.24, 2.45) is 0 Å². The number of amides is 1. The summed E-state index contributed by atoms with van der Waals surface area (Å²) in [6, 6.07) is 15.7. The molecule has 202 valence electrons. The molecule has 0 unspecified atom stereocenters. The number of sulfonamides is 1. The summed E-state index contributed by atoms with van der Waals surface area (Å²) in [5.74, 6) is -0.476. The first kappa shape index (κ1) is 28.5. The molecule has 37 heavy (non-hydrogen) atoms. The number of ether oxygens (including phenoxy) is 2. The number of alkyl carbamates (subject to hydrolysis) is 1. The second-order valence-electron chi connectivity index (χ2n) is 10.1. The summed E-state index contributed by atoms with van der Waals surface area (Å²) in [4.78, 5) is 25.9. The fraction of sp³-hybridized carbons (Fsp3) is 0.481. The number of piperidine rings is 1. The predicted molar refractivity (Wildman–Crippen MR) is 143 cm³/mol. The quantitative estimate of drug-likeness (QED) is 0.491. The van der Waals surface area contributed by atoms with Crippen LogP contribution in [0.25, 0.3) is 0 Å². The maximum atomic E-state index is 13.5. The van der Waals surface area contributed by atoms with Crippen molar-refractivity contribution in [1.82, 2.24) is 10.2 Å². The molecule has 10 heteroatoms. The number of rotatable bonds is 9. The Morgan fingerprint density at radius 3 is 2.22 bits per heavy atom. The van der Waals surface area contributed by atoms with Crippen LogP contribution in [0.4, 0.5) is 10.5 Å². The number of benzene rings is 2. The van der Waals surface area contributed by atoms with Crippen LogP contribution in [0.1, 0.15) is 49.5 Å². The largest absolute Gasteiger partial charge is 0.465 e. The Balaban J connectivity index is 1.61. The molecular formula is C27H37N3O6S. The van der Waals surface area contributed by atoms with Gasteiger partial charge < -0.3 is 19.7 Å². The van der Waals surface area contributed by atoms with Crippen LogP contribution in [0.15, 0.2) is 54.6 Å². The topological polar surface area (TPSA) is 105 Å². The number of methoxy groups -OCH3 is 1. The van der Waals surface area contributed by atoms with Gasteiger partial charge in [0.1, 0.15) is 5.60 Å². The van der Waals surface area contributed by atoms with Crippen molar-refractivity contribution in [2.45, 2.75) is 51.8 Å². The van der Waals surface area contributed by atoms with Crippen molar-refractivity contribution in [3.8, 4) is 0 Å². The van der Waals surface area contributed by atoms with Crippen molar-refractivity contribution in [1.29, 1.82) is 0 Å². The van der Waals surface area contributed by atoms with Crippen molar-refractivity contribution >= 4 is 27.8 Å². The maximum absolute atomic E-state index is 13.5. The number of esters is 1. The van der Waals surface area contributed by atoms with Gasteiger partial charge in [0.15, 0.2) is 0 Å². The molecule has 9 nitrogen and oxygen atoms in total. The number of hydrogen-bond donors (Lipinski definition) is 1. The number of nitrogens with zero attached hydrogens (tertiary/aromatic N) is 2. The van der Waals surface area contributed by atoms with Crippen LogP contribution in [0.3, 0.4) is 0 Å². The van der Waals surface area contributed by atoms with Gasteiger partial charge in [0, 0.05) is 25.7 Å². The molecular weight excluding hydrogens is 494 g/mol. The lowest BCUT2D eigenvalue weighted by Crippen LogP contribution is -2.47. The molecule has 0 bridgehead atoms. The molecule has 0 aliphatic carbocycles. The van der Waals surface area contributed by atoms with Gasteiger partial charge >= 0.3 is 12.1 Å². The molecule has 0 atom stereocenters. The van der Waals surface area contributed by atoms with E-state index in [9.17, 15) is 18.0 Å². The van der Waals surface area contributed by atoms with Crippen molar-refractivity contribution < 1.29 is 27.5 Å². The Kier molecular flexibility index (Phi) is 9.56. The standard InChI is InChI=1S/C27H37N3O6S/c1-27(2,3)36-26(32)28-23-14-16-29(17-15-23)18-19-37(33,34)30(24-8-6-5-7-9-24)20-21-10-12-22(13-11-21)25(31)35-4/h5-13,23H,14-20H2,1-4H3,(H,28,32). The number of carbonyl (C=O) groups is 2. The molecule has 3 rings (SSSR count). The van der Waals surface area contributed by atoms with Crippen LogP contribution in [0, 0.1) is 0 Å². The average Bonchev–Trinajstić information content (AvgIpc) is 2.86. The van der Waals surface area contributed by atoms with E-state index in [1.807, 2.05) is 26.8 Å². The third-order valence-corrected chi connectivity index (χ3v) is 7.77. The van der Waals surface area contributed by atoms with Gasteiger partial charge in [-0.3, -0.25) is 4.31 Å². The lowest BCUT2D eigenvalue weighted by molar-refractivity contribution is 0.0479. The number of anilines is 1. The van der Waals surface area contributed by atoms with E-state index in [4.69, 9.17) is 9.47 Å². The zero-order chi connectivity index (χ0) is 27.1. The zero-order valence-corrected chi connectivity index (χ0v) is 22.8. The Hall–Kier alpha value is -3.11. The Morgan fingerprint density at radius 2 is 1.65 bits per heavy atom. The molecule has 1 amide bonds. The minimum absolute atomic E-state index is 0.0106. The van der Waals surface area contributed by atoms with Crippen LogP contribution < -0.4 is 9.62 Å². The number of para-hydroxylation sites is 1. The molecule has 2 aromatic rings. The van der Waals surface area contributed by atoms with Crippen LogP contribution in [0.5, 0.6) is 0 Å².